The van der Waals surface area contributed by atoms with Gasteiger partial charge in [0.15, 0.2) is 5.78 Å². The molecule has 1 heterocycles. The summed E-state index contributed by atoms with van der Waals surface area (Å²) in [7, 11) is 0. The van der Waals surface area contributed by atoms with Crippen molar-refractivity contribution in [2.45, 2.75) is 45.2 Å². The Morgan fingerprint density at radius 3 is 2.52 bits per heavy atom. The number of carbonyl (C=O) groups is 2. The van der Waals surface area contributed by atoms with E-state index < -0.39 is 0 Å². The van der Waals surface area contributed by atoms with Crippen LogP contribution in [0.4, 0.5) is 0 Å². The van der Waals surface area contributed by atoms with Crippen LogP contribution in [0.3, 0.4) is 0 Å². The van der Waals surface area contributed by atoms with Crippen LogP contribution in [-0.2, 0) is 22.6 Å². The molecule has 0 bridgehead atoms. The van der Waals surface area contributed by atoms with E-state index in [4.69, 9.17) is 0 Å². The van der Waals surface area contributed by atoms with Crippen molar-refractivity contribution in [2.75, 3.05) is 13.1 Å². The molecule has 4 nitrogen and oxygen atoms in total. The number of hydrogen-bond donors (Lipinski definition) is 1. The summed E-state index contributed by atoms with van der Waals surface area (Å²) in [6.07, 6.45) is 2.47. The van der Waals surface area contributed by atoms with Crippen LogP contribution in [0.2, 0.25) is 0 Å². The fourth-order valence-corrected chi connectivity index (χ4v) is 4.50. The Morgan fingerprint density at radius 2 is 1.72 bits per heavy atom. The lowest BCUT2D eigenvalue weighted by Crippen LogP contribution is -2.43. The molecule has 1 aliphatic heterocycles. The summed E-state index contributed by atoms with van der Waals surface area (Å²) in [4.78, 5) is 27.4. The van der Waals surface area contributed by atoms with Crippen LogP contribution in [-0.4, -0.2) is 35.7 Å². The van der Waals surface area contributed by atoms with Gasteiger partial charge in [-0.2, -0.15) is 0 Å². The highest BCUT2D eigenvalue weighted by molar-refractivity contribution is 6.10. The smallest absolute Gasteiger partial charge is 0.224 e. The standard InChI is InChI=1S/C25H28N2O2/c1-18(16-27-14-13-19-7-5-6-10-21(19)17-27)26-25(29)15-23-22(11-12-24(23)28)20-8-3-2-4-9-20/h2-10,18H,11-17H2,1H3,(H,26,29). The molecule has 1 aliphatic carbocycles. The molecule has 0 fully saturated rings. The van der Waals surface area contributed by atoms with Crippen LogP contribution in [0.5, 0.6) is 0 Å². The van der Waals surface area contributed by atoms with Gasteiger partial charge in [0.2, 0.25) is 5.91 Å². The molecule has 4 heteroatoms. The Morgan fingerprint density at radius 1 is 1.00 bits per heavy atom. The second kappa shape index (κ2) is 8.75. The molecule has 0 radical (unpaired) electrons. The van der Waals surface area contributed by atoms with Gasteiger partial charge in [-0.05, 0) is 42.0 Å². The summed E-state index contributed by atoms with van der Waals surface area (Å²) in [5.41, 5.74) is 5.59. The molecule has 2 aromatic rings. The molecule has 29 heavy (non-hydrogen) atoms. The molecule has 1 N–H and O–H groups in total. The highest BCUT2D eigenvalue weighted by Crippen LogP contribution is 2.33. The number of amides is 1. The average molecular weight is 389 g/mol. The number of Topliss-reactive ketones (excluding diaryl/α,β-unsaturated/α-hetero) is 1. The van der Waals surface area contributed by atoms with Gasteiger partial charge in [-0.25, -0.2) is 0 Å². The number of carbonyl (C=O) groups excluding carboxylic acids is 2. The van der Waals surface area contributed by atoms with Gasteiger partial charge < -0.3 is 5.32 Å². The minimum atomic E-state index is -0.0615. The second-order valence-corrected chi connectivity index (χ2v) is 8.15. The first-order valence-electron chi connectivity index (χ1n) is 10.5. The van der Waals surface area contributed by atoms with E-state index in [1.807, 2.05) is 37.3 Å². The first-order valence-corrected chi connectivity index (χ1v) is 10.5. The molecule has 150 valence electrons. The van der Waals surface area contributed by atoms with Gasteiger partial charge in [0.05, 0.1) is 6.42 Å². The van der Waals surface area contributed by atoms with Crippen LogP contribution in [0.25, 0.3) is 5.57 Å². The zero-order valence-corrected chi connectivity index (χ0v) is 17.0. The molecule has 1 amide bonds. The van der Waals surface area contributed by atoms with Crippen molar-refractivity contribution >= 4 is 17.3 Å². The Kier molecular flexibility index (Phi) is 5.91. The lowest BCUT2D eigenvalue weighted by atomic mass is 9.99. The Balaban J connectivity index is 1.35. The summed E-state index contributed by atoms with van der Waals surface area (Å²) in [5.74, 6) is 0.0490. The maximum atomic E-state index is 12.7. The predicted octanol–water partition coefficient (Wildman–Crippen LogP) is 3.76. The monoisotopic (exact) mass is 388 g/mol. The molecule has 0 saturated carbocycles. The number of allylic oxidation sites excluding steroid dienone is 1. The number of benzene rings is 2. The van der Waals surface area contributed by atoms with Gasteiger partial charge >= 0.3 is 0 Å². The van der Waals surface area contributed by atoms with Gasteiger partial charge in [-0.1, -0.05) is 54.6 Å². The van der Waals surface area contributed by atoms with Crippen molar-refractivity contribution in [1.82, 2.24) is 10.2 Å². The lowest BCUT2D eigenvalue weighted by Gasteiger charge is -2.31. The van der Waals surface area contributed by atoms with Crippen LogP contribution in [0.15, 0.2) is 60.2 Å². The molecule has 4 rings (SSSR count). The topological polar surface area (TPSA) is 49.4 Å². The third-order valence-electron chi connectivity index (χ3n) is 5.91. The van der Waals surface area contributed by atoms with E-state index in [1.165, 1.54) is 11.1 Å². The molecule has 1 unspecified atom stereocenters. The van der Waals surface area contributed by atoms with E-state index in [0.29, 0.717) is 12.0 Å². The van der Waals surface area contributed by atoms with Crippen molar-refractivity contribution in [2.24, 2.45) is 0 Å². The van der Waals surface area contributed by atoms with Crippen LogP contribution >= 0.6 is 0 Å². The Labute approximate surface area is 172 Å². The van der Waals surface area contributed by atoms with Crippen LogP contribution in [0, 0.1) is 0 Å². The van der Waals surface area contributed by atoms with Crippen molar-refractivity contribution in [3.05, 3.63) is 76.9 Å². The number of ketones is 1. The lowest BCUT2D eigenvalue weighted by molar-refractivity contribution is -0.123. The van der Waals surface area contributed by atoms with E-state index in [2.05, 4.69) is 34.5 Å². The summed E-state index contributed by atoms with van der Waals surface area (Å²) >= 11 is 0. The van der Waals surface area contributed by atoms with E-state index in [1.54, 1.807) is 0 Å². The number of nitrogens with one attached hydrogen (secondary N) is 1. The van der Waals surface area contributed by atoms with Gasteiger partial charge in [-0.3, -0.25) is 14.5 Å². The number of nitrogens with zero attached hydrogens (tertiary/aromatic N) is 1. The first kappa shape index (κ1) is 19.6. The third kappa shape index (κ3) is 4.65. The fraction of sp³-hybridized carbons (Fsp3) is 0.360. The molecular formula is C25H28N2O2. The van der Waals surface area contributed by atoms with Crippen LogP contribution < -0.4 is 5.32 Å². The summed E-state index contributed by atoms with van der Waals surface area (Å²) < 4.78 is 0. The second-order valence-electron chi connectivity index (χ2n) is 8.15. The molecular weight excluding hydrogens is 360 g/mol. The van der Waals surface area contributed by atoms with E-state index in [-0.39, 0.29) is 24.2 Å². The summed E-state index contributed by atoms with van der Waals surface area (Å²) in [5, 5.41) is 3.10. The minimum Gasteiger partial charge on any atom is -0.352 e. The third-order valence-corrected chi connectivity index (χ3v) is 5.91. The summed E-state index contributed by atoms with van der Waals surface area (Å²) in [6.45, 7) is 4.80. The highest BCUT2D eigenvalue weighted by Gasteiger charge is 2.26. The molecule has 2 aliphatic rings. The van der Waals surface area contributed by atoms with Gasteiger partial charge in [0.25, 0.3) is 0 Å². The quantitative estimate of drug-likeness (QED) is 0.820. The average Bonchev–Trinajstić information content (AvgIpc) is 3.08. The van der Waals surface area contributed by atoms with Gasteiger partial charge in [0.1, 0.15) is 0 Å². The zero-order chi connectivity index (χ0) is 20.2. The minimum absolute atomic E-state index is 0.0463. The number of rotatable bonds is 6. The van der Waals surface area contributed by atoms with E-state index in [0.717, 1.165) is 43.6 Å². The Hall–Kier alpha value is -2.72. The first-order chi connectivity index (χ1) is 14.1. The fourth-order valence-electron chi connectivity index (χ4n) is 4.50. The van der Waals surface area contributed by atoms with Crippen molar-refractivity contribution < 1.29 is 9.59 Å². The molecule has 0 aromatic heterocycles. The van der Waals surface area contributed by atoms with E-state index >= 15 is 0 Å². The maximum absolute atomic E-state index is 12.7. The molecule has 0 spiro atoms. The zero-order valence-electron chi connectivity index (χ0n) is 17.0. The summed E-state index contributed by atoms with van der Waals surface area (Å²) in [6, 6.07) is 18.6. The van der Waals surface area contributed by atoms with Crippen LogP contribution in [0.1, 0.15) is 42.9 Å². The largest absolute Gasteiger partial charge is 0.352 e. The molecule has 0 saturated heterocycles. The molecule has 1 atom stereocenters. The van der Waals surface area contributed by atoms with Crippen molar-refractivity contribution in [3.8, 4) is 0 Å². The van der Waals surface area contributed by atoms with Gasteiger partial charge in [-0.15, -0.1) is 0 Å². The number of fused-ring (bicyclic) bond motifs is 1. The maximum Gasteiger partial charge on any atom is 0.224 e. The number of hydrogen-bond acceptors (Lipinski definition) is 3. The van der Waals surface area contributed by atoms with Crippen molar-refractivity contribution in [3.63, 3.8) is 0 Å². The predicted molar refractivity (Wildman–Crippen MR) is 115 cm³/mol. The molecule has 2 aromatic carbocycles. The van der Waals surface area contributed by atoms with Gasteiger partial charge in [0, 0.05) is 37.7 Å². The highest BCUT2D eigenvalue weighted by atomic mass is 16.2. The normalized spacial score (nSPS) is 17.9. The van der Waals surface area contributed by atoms with E-state index in [9.17, 15) is 9.59 Å². The Bertz CT molecular complexity index is 933. The van der Waals surface area contributed by atoms with Crippen molar-refractivity contribution in [1.29, 1.82) is 0 Å². The SMILES string of the molecule is CC(CN1CCc2ccccc2C1)NC(=O)CC1=C(c2ccccc2)CCC1=O.